The first-order valence-corrected chi connectivity index (χ1v) is 13.5. The number of nitrogens with zero attached hydrogens (tertiary/aromatic N) is 4. The number of aromatic amines is 1. The van der Waals surface area contributed by atoms with Crippen molar-refractivity contribution in [1.82, 2.24) is 24.4 Å². The molecular weight excluding hydrogens is 492 g/mol. The molecule has 8 heteroatoms. The van der Waals surface area contributed by atoms with Gasteiger partial charge in [-0.15, -0.1) is 11.3 Å². The summed E-state index contributed by atoms with van der Waals surface area (Å²) in [6.45, 7) is 3.39. The Kier molecular flexibility index (Phi) is 5.30. The van der Waals surface area contributed by atoms with Gasteiger partial charge in [0, 0.05) is 48.6 Å². The van der Waals surface area contributed by atoms with Gasteiger partial charge in [-0.25, -0.2) is 4.98 Å². The van der Waals surface area contributed by atoms with Crippen molar-refractivity contribution in [2.24, 2.45) is 7.05 Å². The minimum absolute atomic E-state index is 0.0368. The normalized spacial score (nSPS) is 13.3. The maximum Gasteiger partial charge on any atom is 0.290 e. The molecule has 188 valence electrons. The Hall–Kier alpha value is -4.43. The van der Waals surface area contributed by atoms with Crippen LogP contribution in [0.1, 0.15) is 27.4 Å². The second-order valence-electron chi connectivity index (χ2n) is 9.83. The fraction of sp³-hybridized carbons (Fsp3) is 0.167. The van der Waals surface area contributed by atoms with Crippen LogP contribution >= 0.6 is 11.3 Å². The summed E-state index contributed by atoms with van der Waals surface area (Å²) in [5.41, 5.74) is 8.65. The number of benzene rings is 2. The lowest BCUT2D eigenvalue weighted by atomic mass is 10.00. The van der Waals surface area contributed by atoms with Crippen molar-refractivity contribution in [1.29, 1.82) is 0 Å². The van der Waals surface area contributed by atoms with E-state index in [1.54, 1.807) is 17.5 Å². The summed E-state index contributed by atoms with van der Waals surface area (Å²) in [4.78, 5) is 28.9. The molecule has 0 unspecified atom stereocenters. The largest absolute Gasteiger partial charge is 0.359 e. The number of fused-ring (bicyclic) bond motifs is 3. The molecule has 0 spiro atoms. The summed E-state index contributed by atoms with van der Waals surface area (Å²) in [5.74, 6) is 0.420. The molecule has 6 aromatic rings. The molecule has 0 aliphatic carbocycles. The number of aromatic nitrogens is 4. The van der Waals surface area contributed by atoms with Crippen molar-refractivity contribution in [3.63, 3.8) is 0 Å². The molecule has 38 heavy (non-hydrogen) atoms. The first-order valence-electron chi connectivity index (χ1n) is 12.7. The Labute approximate surface area is 223 Å². The molecule has 0 atom stereocenters. The Balaban J connectivity index is 1.18. The molecule has 0 bridgehead atoms. The van der Waals surface area contributed by atoms with Crippen molar-refractivity contribution in [3.8, 4) is 10.6 Å². The third-order valence-corrected chi connectivity index (χ3v) is 8.48. The SMILES string of the molecule is Cc1cc2cc(Nc3ccnc4cc(-c5cnc(C(=O)N6CCc7ccccc7C6)n5C)sc34)ccc2[nH]1. The van der Waals surface area contributed by atoms with Gasteiger partial charge >= 0.3 is 0 Å². The van der Waals surface area contributed by atoms with E-state index in [0.29, 0.717) is 18.9 Å². The average molecular weight is 519 g/mol. The Morgan fingerprint density at radius 2 is 1.92 bits per heavy atom. The standard InChI is InChI=1S/C30H26N6OS/c1-18-13-21-14-22(7-8-23(21)33-18)34-24-9-11-31-25-15-27(38-28(24)25)26-16-32-29(35(26)2)30(37)36-12-10-19-5-3-4-6-20(19)17-36/h3-9,11,13-16,33H,10,12,17H2,1-2H3,(H,31,34). The molecule has 4 aromatic heterocycles. The molecule has 2 N–H and O–H groups in total. The number of hydrogen-bond donors (Lipinski definition) is 2. The molecule has 7 nitrogen and oxygen atoms in total. The highest BCUT2D eigenvalue weighted by Gasteiger charge is 2.26. The minimum atomic E-state index is -0.0368. The van der Waals surface area contributed by atoms with E-state index in [0.717, 1.165) is 49.8 Å². The van der Waals surface area contributed by atoms with E-state index in [1.165, 1.54) is 16.5 Å². The van der Waals surface area contributed by atoms with Crippen molar-refractivity contribution in [2.75, 3.05) is 11.9 Å². The topological polar surface area (TPSA) is 78.8 Å². The molecule has 1 aliphatic rings. The van der Waals surface area contributed by atoms with E-state index in [1.807, 2.05) is 34.8 Å². The number of carbonyl (C=O) groups is 1. The van der Waals surface area contributed by atoms with Crippen LogP contribution in [0.15, 0.2) is 73.1 Å². The number of nitrogens with one attached hydrogen (secondary N) is 2. The predicted octanol–water partition coefficient (Wildman–Crippen LogP) is 6.43. The Morgan fingerprint density at radius 1 is 1.05 bits per heavy atom. The van der Waals surface area contributed by atoms with Gasteiger partial charge in [0.05, 0.1) is 32.7 Å². The molecule has 5 heterocycles. The van der Waals surface area contributed by atoms with Gasteiger partial charge in [0.15, 0.2) is 5.82 Å². The highest BCUT2D eigenvalue weighted by Crippen LogP contribution is 2.38. The van der Waals surface area contributed by atoms with Gasteiger partial charge in [-0.05, 0) is 60.9 Å². The van der Waals surface area contributed by atoms with Crippen molar-refractivity contribution >= 4 is 49.7 Å². The molecule has 0 radical (unpaired) electrons. The van der Waals surface area contributed by atoms with Gasteiger partial charge in [0.1, 0.15) is 0 Å². The van der Waals surface area contributed by atoms with Gasteiger partial charge in [0.25, 0.3) is 5.91 Å². The van der Waals surface area contributed by atoms with E-state index >= 15 is 0 Å². The van der Waals surface area contributed by atoms with E-state index in [2.05, 4.69) is 75.7 Å². The van der Waals surface area contributed by atoms with Gasteiger partial charge < -0.3 is 19.8 Å². The first-order chi connectivity index (χ1) is 18.5. The van der Waals surface area contributed by atoms with Gasteiger partial charge in [-0.1, -0.05) is 24.3 Å². The number of anilines is 2. The number of amides is 1. The molecule has 2 aromatic carbocycles. The maximum absolute atomic E-state index is 13.4. The van der Waals surface area contributed by atoms with E-state index in [4.69, 9.17) is 0 Å². The lowest BCUT2D eigenvalue weighted by molar-refractivity contribution is 0.0719. The summed E-state index contributed by atoms with van der Waals surface area (Å²) in [5, 5.41) is 4.75. The maximum atomic E-state index is 13.4. The van der Waals surface area contributed by atoms with E-state index in [9.17, 15) is 4.79 Å². The number of pyridine rings is 1. The number of rotatable bonds is 4. The molecule has 1 amide bonds. The van der Waals surface area contributed by atoms with E-state index in [-0.39, 0.29) is 5.91 Å². The molecular formula is C30H26N6OS. The first kappa shape index (κ1) is 22.7. The van der Waals surface area contributed by atoms with Crippen molar-refractivity contribution < 1.29 is 4.79 Å². The predicted molar refractivity (Wildman–Crippen MR) is 153 cm³/mol. The molecule has 0 saturated carbocycles. The number of hydrogen-bond acceptors (Lipinski definition) is 5. The number of thiophene rings is 1. The fourth-order valence-electron chi connectivity index (χ4n) is 5.32. The van der Waals surface area contributed by atoms with Crippen LogP contribution in [-0.4, -0.2) is 36.9 Å². The van der Waals surface area contributed by atoms with Crippen LogP contribution < -0.4 is 5.32 Å². The second-order valence-corrected chi connectivity index (χ2v) is 10.9. The third-order valence-electron chi connectivity index (χ3n) is 7.30. The fourth-order valence-corrected chi connectivity index (χ4v) is 6.45. The molecule has 7 rings (SSSR count). The summed E-state index contributed by atoms with van der Waals surface area (Å²) < 4.78 is 2.97. The molecule has 1 aliphatic heterocycles. The van der Waals surface area contributed by atoms with Crippen LogP contribution in [0.3, 0.4) is 0 Å². The van der Waals surface area contributed by atoms with Crippen LogP contribution in [-0.2, 0) is 20.0 Å². The van der Waals surface area contributed by atoms with Gasteiger partial charge in [-0.3, -0.25) is 9.78 Å². The van der Waals surface area contributed by atoms with E-state index < -0.39 is 0 Å². The average Bonchev–Trinajstić information content (AvgIpc) is 3.63. The Bertz CT molecular complexity index is 1840. The highest BCUT2D eigenvalue weighted by molar-refractivity contribution is 7.22. The van der Waals surface area contributed by atoms with Crippen LogP contribution in [0.5, 0.6) is 0 Å². The smallest absolute Gasteiger partial charge is 0.290 e. The second kappa shape index (κ2) is 8.85. The number of aryl methyl sites for hydroxylation is 1. The molecule has 0 saturated heterocycles. The monoisotopic (exact) mass is 518 g/mol. The van der Waals surface area contributed by atoms with Crippen LogP contribution in [0, 0.1) is 6.92 Å². The third kappa shape index (κ3) is 3.85. The van der Waals surface area contributed by atoms with Crippen LogP contribution in [0.4, 0.5) is 11.4 Å². The summed E-state index contributed by atoms with van der Waals surface area (Å²) in [7, 11) is 1.92. The van der Waals surface area contributed by atoms with Gasteiger partial charge in [-0.2, -0.15) is 0 Å². The number of carbonyl (C=O) groups excluding carboxylic acids is 1. The minimum Gasteiger partial charge on any atom is -0.359 e. The number of H-pyrrole nitrogens is 1. The highest BCUT2D eigenvalue weighted by atomic mass is 32.1. The summed E-state index contributed by atoms with van der Waals surface area (Å²) >= 11 is 1.65. The lowest BCUT2D eigenvalue weighted by Crippen LogP contribution is -2.37. The summed E-state index contributed by atoms with van der Waals surface area (Å²) in [6.07, 6.45) is 4.49. The van der Waals surface area contributed by atoms with Crippen molar-refractivity contribution in [3.05, 3.63) is 95.7 Å². The number of imidazole rings is 1. The zero-order valence-electron chi connectivity index (χ0n) is 21.2. The van der Waals surface area contributed by atoms with Crippen molar-refractivity contribution in [2.45, 2.75) is 19.9 Å². The zero-order valence-corrected chi connectivity index (χ0v) is 22.0. The summed E-state index contributed by atoms with van der Waals surface area (Å²) in [6, 6.07) is 20.9. The molecule has 0 fully saturated rings. The lowest BCUT2D eigenvalue weighted by Gasteiger charge is -2.28. The quantitative estimate of drug-likeness (QED) is 0.282. The Morgan fingerprint density at radius 3 is 2.82 bits per heavy atom. The zero-order chi connectivity index (χ0) is 25.8. The van der Waals surface area contributed by atoms with Gasteiger partial charge in [0.2, 0.25) is 0 Å². The van der Waals surface area contributed by atoms with Crippen LogP contribution in [0.2, 0.25) is 0 Å². The van der Waals surface area contributed by atoms with Crippen LogP contribution in [0.25, 0.3) is 31.7 Å².